The van der Waals surface area contributed by atoms with Gasteiger partial charge in [-0.25, -0.2) is 4.79 Å². The number of rotatable bonds is 4. The lowest BCUT2D eigenvalue weighted by Gasteiger charge is -2.17. The van der Waals surface area contributed by atoms with Gasteiger partial charge in [0.1, 0.15) is 5.75 Å². The minimum atomic E-state index is -1.74. The molecule has 2 N–H and O–H groups in total. The van der Waals surface area contributed by atoms with Gasteiger partial charge in [-0.3, -0.25) is 0 Å². The van der Waals surface area contributed by atoms with Gasteiger partial charge >= 0.3 is 5.97 Å². The van der Waals surface area contributed by atoms with Gasteiger partial charge in [0.2, 0.25) is 0 Å². The van der Waals surface area contributed by atoms with E-state index in [9.17, 15) is 9.90 Å². The lowest BCUT2D eigenvalue weighted by atomic mass is 9.97. The van der Waals surface area contributed by atoms with Crippen molar-refractivity contribution in [1.29, 1.82) is 0 Å². The average molecular weight is 210 g/mol. The molecule has 0 bridgehead atoms. The largest absolute Gasteiger partial charge is 0.497 e. The predicted molar refractivity (Wildman–Crippen MR) is 55.0 cm³/mol. The van der Waals surface area contributed by atoms with Crippen molar-refractivity contribution in [2.75, 3.05) is 7.11 Å². The molecule has 0 aromatic heterocycles. The number of carboxylic acid groups (broad SMARTS) is 1. The summed E-state index contributed by atoms with van der Waals surface area (Å²) in [5.74, 6) is -0.584. The summed E-state index contributed by atoms with van der Waals surface area (Å²) in [4.78, 5) is 10.7. The number of carboxylic acids is 1. The van der Waals surface area contributed by atoms with Crippen molar-refractivity contribution in [3.05, 3.63) is 29.8 Å². The van der Waals surface area contributed by atoms with Gasteiger partial charge in [0.25, 0.3) is 0 Å². The van der Waals surface area contributed by atoms with Crippen molar-refractivity contribution in [3.8, 4) is 5.75 Å². The van der Waals surface area contributed by atoms with E-state index in [4.69, 9.17) is 9.84 Å². The van der Waals surface area contributed by atoms with Crippen LogP contribution in [0.1, 0.15) is 12.5 Å². The van der Waals surface area contributed by atoms with Crippen LogP contribution in [-0.2, 0) is 11.2 Å². The highest BCUT2D eigenvalue weighted by Crippen LogP contribution is 2.18. The molecule has 82 valence electrons. The van der Waals surface area contributed by atoms with E-state index in [1.54, 1.807) is 24.3 Å². The van der Waals surface area contributed by atoms with Gasteiger partial charge in [0.05, 0.1) is 7.11 Å². The molecule has 1 atom stereocenters. The molecule has 4 nitrogen and oxygen atoms in total. The maximum Gasteiger partial charge on any atom is 0.335 e. The van der Waals surface area contributed by atoms with Gasteiger partial charge in [0.15, 0.2) is 5.60 Å². The Morgan fingerprint density at radius 2 is 2.20 bits per heavy atom. The van der Waals surface area contributed by atoms with Crippen molar-refractivity contribution < 1.29 is 19.7 Å². The maximum absolute atomic E-state index is 10.7. The summed E-state index contributed by atoms with van der Waals surface area (Å²) < 4.78 is 5.00. The summed E-state index contributed by atoms with van der Waals surface area (Å²) in [7, 11) is 1.54. The zero-order valence-electron chi connectivity index (χ0n) is 8.73. The van der Waals surface area contributed by atoms with Gasteiger partial charge in [-0.05, 0) is 24.6 Å². The van der Waals surface area contributed by atoms with Crippen LogP contribution in [0.15, 0.2) is 24.3 Å². The molecule has 0 radical (unpaired) electrons. The molecule has 1 rings (SSSR count). The smallest absolute Gasteiger partial charge is 0.335 e. The Kier molecular flexibility index (Phi) is 3.31. The molecule has 1 aromatic rings. The number of aliphatic carboxylic acids is 1. The van der Waals surface area contributed by atoms with Gasteiger partial charge in [-0.15, -0.1) is 0 Å². The first-order valence-electron chi connectivity index (χ1n) is 4.54. The molecule has 0 saturated carbocycles. The molecule has 0 aliphatic heterocycles. The fraction of sp³-hybridized carbons (Fsp3) is 0.364. The number of methoxy groups -OCH3 is 1. The summed E-state index contributed by atoms with van der Waals surface area (Å²) >= 11 is 0. The molecule has 0 unspecified atom stereocenters. The average Bonchev–Trinajstić information content (AvgIpc) is 2.17. The van der Waals surface area contributed by atoms with Crippen LogP contribution in [0.2, 0.25) is 0 Å². The number of hydrogen-bond donors (Lipinski definition) is 2. The molecule has 4 heteroatoms. The first kappa shape index (κ1) is 11.5. The zero-order chi connectivity index (χ0) is 11.5. The number of carbonyl (C=O) groups is 1. The molecule has 1 aromatic carbocycles. The van der Waals surface area contributed by atoms with E-state index in [1.165, 1.54) is 14.0 Å². The van der Waals surface area contributed by atoms with E-state index >= 15 is 0 Å². The maximum atomic E-state index is 10.7. The minimum absolute atomic E-state index is 0.0551. The van der Waals surface area contributed by atoms with Crippen LogP contribution in [0.25, 0.3) is 0 Å². The van der Waals surface area contributed by atoms with E-state index in [0.717, 1.165) is 5.56 Å². The van der Waals surface area contributed by atoms with Gasteiger partial charge in [0, 0.05) is 6.42 Å². The van der Waals surface area contributed by atoms with E-state index in [0.29, 0.717) is 5.75 Å². The zero-order valence-corrected chi connectivity index (χ0v) is 8.73. The summed E-state index contributed by atoms with van der Waals surface area (Å²) in [6.45, 7) is 1.27. The van der Waals surface area contributed by atoms with Crippen LogP contribution < -0.4 is 4.74 Å². The number of hydrogen-bond acceptors (Lipinski definition) is 3. The standard InChI is InChI=1S/C11H14O4/c1-11(14,10(12)13)7-8-4-3-5-9(6-8)15-2/h3-6,14H,7H2,1-2H3,(H,12,13)/t11-/m1/s1. The van der Waals surface area contributed by atoms with Crippen LogP contribution in [0.5, 0.6) is 5.75 Å². The van der Waals surface area contributed by atoms with Gasteiger partial charge < -0.3 is 14.9 Å². The molecular formula is C11H14O4. The van der Waals surface area contributed by atoms with Crippen LogP contribution in [0.3, 0.4) is 0 Å². The van der Waals surface area contributed by atoms with Crippen LogP contribution in [0.4, 0.5) is 0 Å². The van der Waals surface area contributed by atoms with E-state index in [1.807, 2.05) is 0 Å². The Morgan fingerprint density at radius 1 is 1.53 bits per heavy atom. The Hall–Kier alpha value is -1.55. The second kappa shape index (κ2) is 4.31. The first-order valence-corrected chi connectivity index (χ1v) is 4.54. The second-order valence-corrected chi connectivity index (χ2v) is 3.61. The van der Waals surface area contributed by atoms with Crippen molar-refractivity contribution in [3.63, 3.8) is 0 Å². The quantitative estimate of drug-likeness (QED) is 0.780. The Labute approximate surface area is 88.1 Å². The third-order valence-corrected chi connectivity index (χ3v) is 2.14. The molecule has 0 aliphatic rings. The van der Waals surface area contributed by atoms with Gasteiger partial charge in [-0.1, -0.05) is 12.1 Å². The predicted octanol–water partition coefficient (Wildman–Crippen LogP) is 1.07. The van der Waals surface area contributed by atoms with Crippen LogP contribution in [0, 0.1) is 0 Å². The molecule has 0 aliphatic carbocycles. The van der Waals surface area contributed by atoms with Crippen molar-refractivity contribution >= 4 is 5.97 Å². The number of aliphatic hydroxyl groups is 1. The minimum Gasteiger partial charge on any atom is -0.497 e. The lowest BCUT2D eigenvalue weighted by molar-refractivity contribution is -0.156. The summed E-state index contributed by atoms with van der Waals surface area (Å²) in [6, 6.07) is 6.97. The Bertz CT molecular complexity index is 357. The van der Waals surface area contributed by atoms with E-state index < -0.39 is 11.6 Å². The van der Waals surface area contributed by atoms with Gasteiger partial charge in [-0.2, -0.15) is 0 Å². The van der Waals surface area contributed by atoms with E-state index in [2.05, 4.69) is 0 Å². The lowest BCUT2D eigenvalue weighted by Crippen LogP contribution is -2.37. The van der Waals surface area contributed by atoms with E-state index in [-0.39, 0.29) is 6.42 Å². The third kappa shape index (κ3) is 2.95. The summed E-state index contributed by atoms with van der Waals surface area (Å²) in [5.41, 5.74) is -1.02. The number of benzene rings is 1. The molecular weight excluding hydrogens is 196 g/mol. The SMILES string of the molecule is COc1cccc(C[C@@](C)(O)C(=O)O)c1. The highest BCUT2D eigenvalue weighted by atomic mass is 16.5. The van der Waals surface area contributed by atoms with Crippen LogP contribution in [-0.4, -0.2) is 28.9 Å². The monoisotopic (exact) mass is 210 g/mol. The molecule has 15 heavy (non-hydrogen) atoms. The highest BCUT2D eigenvalue weighted by molar-refractivity contribution is 5.76. The Morgan fingerprint density at radius 3 is 2.73 bits per heavy atom. The molecule has 0 saturated heterocycles. The third-order valence-electron chi connectivity index (χ3n) is 2.14. The number of ether oxygens (including phenoxy) is 1. The Balaban J connectivity index is 2.85. The molecule has 0 fully saturated rings. The van der Waals surface area contributed by atoms with Crippen molar-refractivity contribution in [2.45, 2.75) is 18.9 Å². The van der Waals surface area contributed by atoms with Crippen molar-refractivity contribution in [1.82, 2.24) is 0 Å². The molecule has 0 amide bonds. The summed E-state index contributed by atoms with van der Waals surface area (Å²) in [5, 5.41) is 18.3. The second-order valence-electron chi connectivity index (χ2n) is 3.61. The summed E-state index contributed by atoms with van der Waals surface area (Å²) in [6.07, 6.45) is 0.0551. The normalized spacial score (nSPS) is 14.3. The first-order chi connectivity index (χ1) is 6.95. The fourth-order valence-corrected chi connectivity index (χ4v) is 1.26. The van der Waals surface area contributed by atoms with Crippen LogP contribution >= 0.6 is 0 Å². The highest BCUT2D eigenvalue weighted by Gasteiger charge is 2.29. The molecule has 0 heterocycles. The molecule has 0 spiro atoms. The fourth-order valence-electron chi connectivity index (χ4n) is 1.26. The topological polar surface area (TPSA) is 66.8 Å². The van der Waals surface area contributed by atoms with Crippen molar-refractivity contribution in [2.24, 2.45) is 0 Å².